The summed E-state index contributed by atoms with van der Waals surface area (Å²) in [7, 11) is 0. The molecule has 9 aromatic carbocycles. The number of halogens is 1. The van der Waals surface area contributed by atoms with Crippen LogP contribution in [0.15, 0.2) is 375 Å². The summed E-state index contributed by atoms with van der Waals surface area (Å²) in [6, 6.07) is 96.8. The SMILES string of the molecule is Cl.Nn1ccc(=O)c(OCc2ccccc2)c1C(=O)NC1CC1.O=C(NC1CC1)c1[nH]ccc(=O)c1OCc1ccccc1.O=C(O)c1[nH]ccc(=O)c1OCc1ccccc1.O=C1c2c(O)c(=O)ccn2N(C(c2ccccc2)c2ccccc2)CN1C1CC1.O=C1c2c(OCc3ccccc3)c(=O)ccn2N(C(c2ccccc2)c2ccccc2)CN1C1CC1.O=C1c2c(OCc3ccccc3)c(=O)ccn2NCN1C1CC1. The number of benzene rings is 9. The highest BCUT2D eigenvalue weighted by atomic mass is 35.5. The van der Waals surface area contributed by atoms with Crippen LogP contribution >= 0.6 is 12.4 Å². The fourth-order valence-electron chi connectivity index (χ4n) is 17.3. The number of amides is 5. The number of carbonyl (C=O) groups is 6. The van der Waals surface area contributed by atoms with Crippen molar-refractivity contribution < 1.29 is 62.7 Å². The largest absolute Gasteiger partial charge is 0.502 e. The minimum absolute atomic E-state index is 0. The quantitative estimate of drug-likeness (QED) is 0.0202. The van der Waals surface area contributed by atoms with E-state index < -0.39 is 22.6 Å². The van der Waals surface area contributed by atoms with Crippen molar-refractivity contribution in [2.24, 2.45) is 0 Å². The third-order valence-electron chi connectivity index (χ3n) is 25.6. The Hall–Kier alpha value is -18.2. The second-order valence-electron chi connectivity index (χ2n) is 36.6. The van der Waals surface area contributed by atoms with Gasteiger partial charge in [-0.1, -0.05) is 273 Å². The molecular weight excluding hydrogens is 1930 g/mol. The Morgan fingerprint density at radius 1 is 0.340 bits per heavy atom. The lowest BCUT2D eigenvalue weighted by molar-refractivity contribution is 0.0655. The summed E-state index contributed by atoms with van der Waals surface area (Å²) in [6.45, 7) is 2.32. The molecule has 0 saturated heterocycles. The van der Waals surface area contributed by atoms with Crippen LogP contribution in [0.3, 0.4) is 0 Å². The molecule has 150 heavy (non-hydrogen) atoms. The van der Waals surface area contributed by atoms with Crippen LogP contribution in [0.25, 0.3) is 0 Å². The fraction of sp³-hybridized carbons (Fsp3) is 0.217. The van der Waals surface area contributed by atoms with Crippen LogP contribution in [0.2, 0.25) is 0 Å². The number of H-pyrrole nitrogens is 2. The van der Waals surface area contributed by atoms with Gasteiger partial charge in [0.1, 0.15) is 53.0 Å². The van der Waals surface area contributed by atoms with Crippen molar-refractivity contribution in [2.75, 3.05) is 41.3 Å². The summed E-state index contributed by atoms with van der Waals surface area (Å²) in [5.74, 6) is 2.88. The Morgan fingerprint density at radius 2 is 0.647 bits per heavy atom. The van der Waals surface area contributed by atoms with Crippen LogP contribution in [-0.2, 0) is 33.0 Å². The van der Waals surface area contributed by atoms with Crippen molar-refractivity contribution in [2.45, 2.75) is 140 Å². The molecule has 34 nitrogen and oxygen atoms in total. The number of aromatic carboxylic acids is 1. The first-order valence-electron chi connectivity index (χ1n) is 49.2. The van der Waals surface area contributed by atoms with Gasteiger partial charge >= 0.3 is 5.97 Å². The van der Waals surface area contributed by atoms with E-state index in [-0.39, 0.29) is 202 Å². The van der Waals surface area contributed by atoms with Gasteiger partial charge in [0.2, 0.25) is 32.6 Å². The summed E-state index contributed by atoms with van der Waals surface area (Å²) < 4.78 is 34.4. The number of pyridine rings is 6. The van der Waals surface area contributed by atoms with Crippen LogP contribution in [0.4, 0.5) is 0 Å². The number of fused-ring (bicyclic) bond motifs is 3. The summed E-state index contributed by atoms with van der Waals surface area (Å²) >= 11 is 0. The van der Waals surface area contributed by atoms with Gasteiger partial charge in [0.15, 0.2) is 68.7 Å². The number of ether oxygens (including phenoxy) is 5. The lowest BCUT2D eigenvalue weighted by atomic mass is 9.98. The molecule has 9 N–H and O–H groups in total. The van der Waals surface area contributed by atoms with Gasteiger partial charge in [-0.3, -0.25) is 81.5 Å². The number of rotatable bonds is 29. The van der Waals surface area contributed by atoms with Gasteiger partial charge in [-0.05, 0) is 114 Å². The molecule has 0 bridgehead atoms. The predicted molar refractivity (Wildman–Crippen MR) is 565 cm³/mol. The highest BCUT2D eigenvalue weighted by Crippen LogP contribution is 2.41. The molecule has 15 aromatic rings. The van der Waals surface area contributed by atoms with Crippen LogP contribution in [-0.4, -0.2) is 139 Å². The molecule has 0 radical (unpaired) electrons. The molecule has 6 aromatic heterocycles. The Morgan fingerprint density at radius 3 is 1.04 bits per heavy atom. The van der Waals surface area contributed by atoms with Crippen molar-refractivity contribution in [3.8, 4) is 34.5 Å². The minimum atomic E-state index is -1.23. The van der Waals surface area contributed by atoms with Gasteiger partial charge in [-0.15, -0.1) is 12.4 Å². The summed E-state index contributed by atoms with van der Waals surface area (Å²) in [5.41, 5.74) is 10.4. The first kappa shape index (κ1) is 103. The first-order valence-corrected chi connectivity index (χ1v) is 49.2. The van der Waals surface area contributed by atoms with E-state index in [0.717, 1.165) is 119 Å². The molecule has 0 spiro atoms. The van der Waals surface area contributed by atoms with E-state index in [1.54, 1.807) is 37.7 Å². The molecule has 5 fully saturated rings. The molecule has 8 aliphatic rings. The monoisotopic (exact) mass is 2040 g/mol. The molecular formula is C115H110ClN15O19. The molecule has 766 valence electrons. The van der Waals surface area contributed by atoms with Gasteiger partial charge in [-0.25, -0.2) is 4.79 Å². The summed E-state index contributed by atoms with van der Waals surface area (Å²) in [4.78, 5) is 159. The van der Waals surface area contributed by atoms with Crippen LogP contribution in [0, 0.1) is 0 Å². The normalized spacial score (nSPS) is 14.5. The zero-order chi connectivity index (χ0) is 103. The predicted octanol–water partition coefficient (Wildman–Crippen LogP) is 14.1. The Balaban J connectivity index is 0.000000124. The first-order chi connectivity index (χ1) is 72.7. The number of hydrogen-bond acceptors (Lipinski definition) is 22. The van der Waals surface area contributed by atoms with Gasteiger partial charge < -0.3 is 80.5 Å². The molecule has 5 aliphatic carbocycles. The van der Waals surface area contributed by atoms with Crippen molar-refractivity contribution in [3.05, 3.63) is 492 Å². The molecule has 3 aliphatic heterocycles. The van der Waals surface area contributed by atoms with Crippen molar-refractivity contribution in [1.82, 2.24) is 54.0 Å². The number of nitrogens with two attached hydrogens (primary N) is 1. The summed E-state index contributed by atoms with van der Waals surface area (Å²) in [6.07, 6.45) is 18.7. The maximum absolute atomic E-state index is 13.8. The maximum Gasteiger partial charge on any atom is 0.356 e. The maximum atomic E-state index is 13.8. The number of carboxylic acid groups (broad SMARTS) is 1. The zero-order valence-corrected chi connectivity index (χ0v) is 82.3. The van der Waals surface area contributed by atoms with Crippen LogP contribution < -0.4 is 88.2 Å². The smallest absolute Gasteiger partial charge is 0.356 e. The zero-order valence-electron chi connectivity index (χ0n) is 81.5. The third kappa shape index (κ3) is 25.5. The molecule has 0 unspecified atom stereocenters. The van der Waals surface area contributed by atoms with Gasteiger partial charge in [0.05, 0.1) is 12.1 Å². The van der Waals surface area contributed by atoms with Gasteiger partial charge in [0, 0.05) is 104 Å². The molecule has 35 heteroatoms. The number of nitrogen functional groups attached to an aromatic ring is 1. The van der Waals surface area contributed by atoms with E-state index >= 15 is 0 Å². The molecule has 0 atom stereocenters. The average molecular weight is 2040 g/mol. The van der Waals surface area contributed by atoms with E-state index in [2.05, 4.69) is 79.6 Å². The number of carboxylic acids is 1. The lowest BCUT2D eigenvalue weighted by Crippen LogP contribution is -2.56. The van der Waals surface area contributed by atoms with E-state index in [1.807, 2.05) is 239 Å². The number of aromatic hydroxyl groups is 1. The lowest BCUT2D eigenvalue weighted by Gasteiger charge is -2.44. The van der Waals surface area contributed by atoms with E-state index in [9.17, 15) is 62.6 Å². The number of carbonyl (C=O) groups excluding carboxylic acids is 5. The molecule has 5 amide bonds. The van der Waals surface area contributed by atoms with E-state index in [1.165, 1.54) is 55.0 Å². The Kier molecular flexibility index (Phi) is 33.2. The Bertz CT molecular complexity index is 7570. The third-order valence-corrected chi connectivity index (χ3v) is 25.6. The molecule has 23 rings (SSSR count). The number of nitrogens with zero attached hydrogens (tertiary/aromatic N) is 9. The highest BCUT2D eigenvalue weighted by Gasteiger charge is 2.46. The number of aromatic amines is 2. The number of nitrogens with one attached hydrogen (secondary N) is 5. The van der Waals surface area contributed by atoms with Crippen molar-refractivity contribution >= 4 is 47.9 Å². The van der Waals surface area contributed by atoms with E-state index in [0.29, 0.717) is 20.0 Å². The summed E-state index contributed by atoms with van der Waals surface area (Å²) in [5, 5.41) is 29.3. The van der Waals surface area contributed by atoms with Crippen LogP contribution in [0.5, 0.6) is 34.5 Å². The van der Waals surface area contributed by atoms with Crippen molar-refractivity contribution in [3.63, 3.8) is 0 Å². The van der Waals surface area contributed by atoms with Gasteiger partial charge in [-0.2, -0.15) is 0 Å². The van der Waals surface area contributed by atoms with E-state index in [4.69, 9.17) is 34.6 Å². The fourth-order valence-corrected chi connectivity index (χ4v) is 17.3. The topological polar surface area (TPSA) is 421 Å². The highest BCUT2D eigenvalue weighted by molar-refractivity contribution is 5.99. The molecule has 9 heterocycles. The minimum Gasteiger partial charge on any atom is -0.502 e. The van der Waals surface area contributed by atoms with Crippen LogP contribution in [0.1, 0.15) is 189 Å². The standard InChI is InChI=1S/C30H27N3O3.C23H21N3O3.C17H17N3O3.C16H17N3O3.C16H16N2O3.C13H11NO4.ClH/c34-26-18-19-32-28(29(26)36-20-22-10-4-1-5-11-22)30(35)31(25-16-17-25)21-33(32)27(23-12-6-2-7-13-23)24-14-8-3-9-15-24;27-19-13-14-25-21(22(19)28)23(29)24(18-11-12-18)15-26(25)20(16-7-3-1-4-8-16)17-9-5-2-6-10-17;21-14-8-9-20-15(17(22)19(11-18-20)13-6-7-13)16(14)23-10-12-4-2-1-3-5-12;17-19-9-8-13(20)15(14(19)16(21)18-12-6-7-12)22-10-11-4-2-1-3-5-11;19-13-8-9-17-14(16(20)18-12-6-7-12)15(13)21-10-11-4-2-1-3-5-11;15-10-6-7-14-11(13(16)17)12(10)18-8-9-4-2-1-3-5-9;/h1-15,18-19,25,27H,16-17,20-21H2;1-10,13-14,18,20,28H,11-12,15H2;1-5,8-9,13,18H,6-7,10-11H2;1-5,8-9,12H,6-7,10,17H2,(H,18,21);1-5,8-9,12H,6-7,10H2,(H,17,19)(H,18,20);1-7H,8H2,(H,14,15)(H,16,17);1H. The number of hydrogen-bond donors (Lipinski definition) is 8. The Labute approximate surface area is 867 Å². The second kappa shape index (κ2) is 48.2. The van der Waals surface area contributed by atoms with Gasteiger partial charge in [0.25, 0.3) is 29.5 Å². The average Bonchev–Trinajstić information content (AvgIpc) is 1.43. The number of aromatic nitrogens is 6. The van der Waals surface area contributed by atoms with Crippen molar-refractivity contribution in [1.29, 1.82) is 0 Å². The molecule has 5 saturated carbocycles. The second-order valence-corrected chi connectivity index (χ2v) is 36.6.